The van der Waals surface area contributed by atoms with Crippen molar-refractivity contribution in [2.45, 2.75) is 26.1 Å². The van der Waals surface area contributed by atoms with Crippen molar-refractivity contribution in [2.24, 2.45) is 0 Å². The summed E-state index contributed by atoms with van der Waals surface area (Å²) < 4.78 is 20.6. The van der Waals surface area contributed by atoms with Crippen molar-refractivity contribution in [2.75, 3.05) is 6.54 Å². The van der Waals surface area contributed by atoms with E-state index in [0.717, 1.165) is 18.7 Å². The van der Waals surface area contributed by atoms with Gasteiger partial charge in [-0.25, -0.2) is 4.39 Å². The summed E-state index contributed by atoms with van der Waals surface area (Å²) in [6.07, 6.45) is 2.11. The molecule has 3 aromatic rings. The van der Waals surface area contributed by atoms with Crippen molar-refractivity contribution in [3.63, 3.8) is 0 Å². The molecule has 6 heteroatoms. The lowest BCUT2D eigenvalue weighted by atomic mass is 10.1. The van der Waals surface area contributed by atoms with Gasteiger partial charge in [-0.2, -0.15) is 4.98 Å². The molecule has 0 aliphatic carbocycles. The molecule has 0 unspecified atom stereocenters. The van der Waals surface area contributed by atoms with Crippen LogP contribution in [0.2, 0.25) is 0 Å². The molecule has 0 spiro atoms. The second-order valence-electron chi connectivity index (χ2n) is 5.79. The fourth-order valence-corrected chi connectivity index (χ4v) is 3.05. The Labute approximate surface area is 133 Å². The average molecular weight is 312 g/mol. The van der Waals surface area contributed by atoms with Crippen LogP contribution in [0, 0.1) is 5.82 Å². The van der Waals surface area contributed by atoms with E-state index in [4.69, 9.17) is 4.52 Å². The fraction of sp³-hybridized carbons (Fsp3) is 0.294. The number of hydrogen-bond acceptors (Lipinski definition) is 4. The highest BCUT2D eigenvalue weighted by Gasteiger charge is 2.25. The summed E-state index contributed by atoms with van der Waals surface area (Å²) >= 11 is 0. The van der Waals surface area contributed by atoms with Crippen LogP contribution in [0.15, 0.2) is 47.1 Å². The first-order valence-electron chi connectivity index (χ1n) is 7.68. The van der Waals surface area contributed by atoms with Crippen LogP contribution in [-0.2, 0) is 13.1 Å². The first-order chi connectivity index (χ1) is 11.2. The molecule has 1 aliphatic heterocycles. The average Bonchev–Trinajstić information content (AvgIpc) is 3.20. The van der Waals surface area contributed by atoms with Gasteiger partial charge in [-0.05, 0) is 43.3 Å². The van der Waals surface area contributed by atoms with Crippen LogP contribution in [0.4, 0.5) is 4.39 Å². The van der Waals surface area contributed by atoms with E-state index in [1.54, 1.807) is 12.1 Å². The van der Waals surface area contributed by atoms with Gasteiger partial charge in [0, 0.05) is 36.6 Å². The summed E-state index contributed by atoms with van der Waals surface area (Å²) in [5.41, 5.74) is 2.05. The predicted octanol–water partition coefficient (Wildman–Crippen LogP) is 3.25. The van der Waals surface area contributed by atoms with E-state index < -0.39 is 0 Å². The minimum atomic E-state index is -0.275. The standard InChI is InChI=1S/C17H17FN4O/c1-12-15-3-2-8-21(15)9-10-22(12)11-16-19-17(20-23-16)13-4-6-14(18)7-5-13/h2-8,12H,9-11H2,1H3/t12-/m0/s1. The summed E-state index contributed by atoms with van der Waals surface area (Å²) in [5.74, 6) is 0.798. The van der Waals surface area contributed by atoms with Crippen molar-refractivity contribution in [3.05, 3.63) is 60.0 Å². The summed E-state index contributed by atoms with van der Waals surface area (Å²) in [5, 5.41) is 4.00. The third kappa shape index (κ3) is 2.66. The van der Waals surface area contributed by atoms with E-state index in [1.165, 1.54) is 17.8 Å². The maximum atomic E-state index is 13.0. The number of halogens is 1. The Morgan fingerprint density at radius 1 is 1.22 bits per heavy atom. The summed E-state index contributed by atoms with van der Waals surface area (Å²) in [7, 11) is 0. The first kappa shape index (κ1) is 14.1. The highest BCUT2D eigenvalue weighted by atomic mass is 19.1. The molecule has 23 heavy (non-hydrogen) atoms. The van der Waals surface area contributed by atoms with Gasteiger partial charge >= 0.3 is 0 Å². The Hall–Kier alpha value is -2.47. The lowest BCUT2D eigenvalue weighted by Gasteiger charge is -2.33. The van der Waals surface area contributed by atoms with Crippen LogP contribution in [0.5, 0.6) is 0 Å². The molecule has 0 saturated carbocycles. The second-order valence-corrected chi connectivity index (χ2v) is 5.79. The van der Waals surface area contributed by atoms with Crippen LogP contribution >= 0.6 is 0 Å². The Balaban J connectivity index is 1.51. The molecule has 5 nitrogen and oxygen atoms in total. The van der Waals surface area contributed by atoms with Gasteiger partial charge in [-0.3, -0.25) is 4.90 Å². The zero-order chi connectivity index (χ0) is 15.8. The molecule has 0 amide bonds. The van der Waals surface area contributed by atoms with E-state index >= 15 is 0 Å². The molecule has 2 aromatic heterocycles. The Bertz CT molecular complexity index is 808. The minimum absolute atomic E-state index is 0.275. The molecule has 1 aromatic carbocycles. The maximum absolute atomic E-state index is 13.0. The van der Waals surface area contributed by atoms with E-state index in [9.17, 15) is 4.39 Å². The number of nitrogens with zero attached hydrogens (tertiary/aromatic N) is 4. The van der Waals surface area contributed by atoms with Gasteiger partial charge in [0.1, 0.15) is 5.82 Å². The second kappa shape index (κ2) is 5.62. The first-order valence-corrected chi connectivity index (χ1v) is 7.68. The molecule has 0 radical (unpaired) electrons. The number of fused-ring (bicyclic) bond motifs is 1. The van der Waals surface area contributed by atoms with Crippen molar-refractivity contribution >= 4 is 0 Å². The van der Waals surface area contributed by atoms with Crippen molar-refractivity contribution in [3.8, 4) is 11.4 Å². The molecular formula is C17H17FN4O. The van der Waals surface area contributed by atoms with Gasteiger partial charge in [0.2, 0.25) is 11.7 Å². The minimum Gasteiger partial charge on any atom is -0.349 e. The van der Waals surface area contributed by atoms with E-state index in [1.807, 2.05) is 0 Å². The van der Waals surface area contributed by atoms with Gasteiger partial charge in [0.05, 0.1) is 6.54 Å². The van der Waals surface area contributed by atoms with E-state index in [0.29, 0.717) is 24.3 Å². The molecular weight excluding hydrogens is 295 g/mol. The monoisotopic (exact) mass is 312 g/mol. The zero-order valence-electron chi connectivity index (χ0n) is 12.8. The molecule has 0 bridgehead atoms. The SMILES string of the molecule is C[C@H]1c2cccn2CCN1Cc1nc(-c2ccc(F)cc2)no1. The topological polar surface area (TPSA) is 47.1 Å². The molecule has 0 fully saturated rings. The van der Waals surface area contributed by atoms with Crippen molar-refractivity contribution < 1.29 is 8.91 Å². The van der Waals surface area contributed by atoms with E-state index in [-0.39, 0.29) is 5.82 Å². The van der Waals surface area contributed by atoms with Gasteiger partial charge in [0.15, 0.2) is 0 Å². The summed E-state index contributed by atoms with van der Waals surface area (Å²) in [6, 6.07) is 10.6. The molecule has 3 heterocycles. The maximum Gasteiger partial charge on any atom is 0.241 e. The van der Waals surface area contributed by atoms with Crippen LogP contribution in [0.3, 0.4) is 0 Å². The Morgan fingerprint density at radius 3 is 2.87 bits per heavy atom. The number of benzene rings is 1. The third-order valence-electron chi connectivity index (χ3n) is 4.38. The molecule has 1 atom stereocenters. The van der Waals surface area contributed by atoms with Gasteiger partial charge < -0.3 is 9.09 Å². The number of hydrogen-bond donors (Lipinski definition) is 0. The smallest absolute Gasteiger partial charge is 0.241 e. The van der Waals surface area contributed by atoms with Crippen LogP contribution in [-0.4, -0.2) is 26.2 Å². The number of aromatic nitrogens is 3. The molecule has 0 N–H and O–H groups in total. The lowest BCUT2D eigenvalue weighted by Crippen LogP contribution is -2.35. The van der Waals surface area contributed by atoms with Crippen LogP contribution in [0.25, 0.3) is 11.4 Å². The molecule has 118 valence electrons. The van der Waals surface area contributed by atoms with E-state index in [2.05, 4.69) is 44.9 Å². The largest absolute Gasteiger partial charge is 0.349 e. The predicted molar refractivity (Wildman–Crippen MR) is 82.9 cm³/mol. The molecule has 4 rings (SSSR count). The summed E-state index contributed by atoms with van der Waals surface area (Å²) in [6.45, 7) is 4.70. The zero-order valence-corrected chi connectivity index (χ0v) is 12.8. The highest BCUT2D eigenvalue weighted by Crippen LogP contribution is 2.27. The lowest BCUT2D eigenvalue weighted by molar-refractivity contribution is 0.141. The number of rotatable bonds is 3. The summed E-state index contributed by atoms with van der Waals surface area (Å²) in [4.78, 5) is 6.75. The van der Waals surface area contributed by atoms with Crippen LogP contribution < -0.4 is 0 Å². The Morgan fingerprint density at radius 2 is 2.04 bits per heavy atom. The van der Waals surface area contributed by atoms with Crippen LogP contribution in [0.1, 0.15) is 24.6 Å². The van der Waals surface area contributed by atoms with Gasteiger partial charge in [-0.1, -0.05) is 5.16 Å². The fourth-order valence-electron chi connectivity index (χ4n) is 3.05. The van der Waals surface area contributed by atoms with Gasteiger partial charge in [-0.15, -0.1) is 0 Å². The third-order valence-corrected chi connectivity index (χ3v) is 4.38. The highest BCUT2D eigenvalue weighted by molar-refractivity contribution is 5.53. The Kier molecular flexibility index (Phi) is 3.46. The quantitative estimate of drug-likeness (QED) is 0.745. The molecule has 1 aliphatic rings. The van der Waals surface area contributed by atoms with Crippen molar-refractivity contribution in [1.29, 1.82) is 0 Å². The molecule has 0 saturated heterocycles. The van der Waals surface area contributed by atoms with Gasteiger partial charge in [0.25, 0.3) is 0 Å². The van der Waals surface area contributed by atoms with Crippen molar-refractivity contribution in [1.82, 2.24) is 19.6 Å². The normalized spacial score (nSPS) is 18.1.